The Kier molecular flexibility index (Phi) is 5.32. The van der Waals surface area contributed by atoms with Gasteiger partial charge in [-0.15, -0.1) is 10.2 Å². The molecule has 0 radical (unpaired) electrons. The second kappa shape index (κ2) is 7.89. The molecule has 6 nitrogen and oxygen atoms in total. The summed E-state index contributed by atoms with van der Waals surface area (Å²) in [4.78, 5) is 16.9. The highest BCUT2D eigenvalue weighted by atomic mass is 79.9. The lowest BCUT2D eigenvalue weighted by atomic mass is 10.1. The number of aryl methyl sites for hydroxylation is 1. The van der Waals surface area contributed by atoms with Gasteiger partial charge in [-0.3, -0.25) is 4.79 Å². The van der Waals surface area contributed by atoms with Crippen LogP contribution < -0.4 is 5.32 Å². The zero-order chi connectivity index (χ0) is 19.7. The maximum absolute atomic E-state index is 12.3. The zero-order valence-electron chi connectivity index (χ0n) is 15.4. The van der Waals surface area contributed by atoms with E-state index in [4.69, 9.17) is 0 Å². The molecule has 4 rings (SSSR count). The van der Waals surface area contributed by atoms with E-state index in [1.54, 1.807) is 0 Å². The molecule has 0 aliphatic heterocycles. The van der Waals surface area contributed by atoms with Gasteiger partial charge >= 0.3 is 0 Å². The van der Waals surface area contributed by atoms with E-state index < -0.39 is 0 Å². The number of thioether (sulfide) groups is 1. The minimum absolute atomic E-state index is 0.0487. The van der Waals surface area contributed by atoms with Crippen LogP contribution in [0.3, 0.4) is 0 Å². The molecule has 1 atom stereocenters. The normalized spacial score (nSPS) is 12.4. The smallest absolute Gasteiger partial charge is 0.230 e. The van der Waals surface area contributed by atoms with Crippen LogP contribution in [0.4, 0.5) is 0 Å². The summed E-state index contributed by atoms with van der Waals surface area (Å²) in [6, 6.07) is 15.9. The summed E-state index contributed by atoms with van der Waals surface area (Å²) in [5.41, 5.74) is 3.62. The van der Waals surface area contributed by atoms with E-state index in [0.29, 0.717) is 5.16 Å². The van der Waals surface area contributed by atoms with E-state index in [9.17, 15) is 4.79 Å². The molecule has 0 bridgehead atoms. The van der Waals surface area contributed by atoms with Gasteiger partial charge in [0.1, 0.15) is 5.52 Å². The van der Waals surface area contributed by atoms with E-state index >= 15 is 0 Å². The SMILES string of the molecule is C[C@@H](NC(=O)CSc1nnc2c3cc(Br)ccc3n(C)c2n1)c1ccccc1. The molecule has 0 unspecified atom stereocenters. The van der Waals surface area contributed by atoms with Crippen LogP contribution in [-0.2, 0) is 11.8 Å². The van der Waals surface area contributed by atoms with Crippen molar-refractivity contribution in [2.24, 2.45) is 7.05 Å². The summed E-state index contributed by atoms with van der Waals surface area (Å²) in [5.74, 6) is 0.172. The maximum Gasteiger partial charge on any atom is 0.230 e. The van der Waals surface area contributed by atoms with E-state index in [2.05, 4.69) is 36.4 Å². The largest absolute Gasteiger partial charge is 0.349 e. The molecule has 0 aliphatic carbocycles. The van der Waals surface area contributed by atoms with Crippen LogP contribution in [0.1, 0.15) is 18.5 Å². The van der Waals surface area contributed by atoms with Crippen molar-refractivity contribution in [2.45, 2.75) is 18.1 Å². The molecule has 2 aromatic heterocycles. The minimum Gasteiger partial charge on any atom is -0.349 e. The summed E-state index contributed by atoms with van der Waals surface area (Å²) >= 11 is 4.78. The number of hydrogen-bond donors (Lipinski definition) is 1. The van der Waals surface area contributed by atoms with Gasteiger partial charge in [-0.25, -0.2) is 4.98 Å². The number of carbonyl (C=O) groups is 1. The molecule has 0 aliphatic rings. The molecule has 0 fully saturated rings. The highest BCUT2D eigenvalue weighted by Crippen LogP contribution is 2.28. The maximum atomic E-state index is 12.3. The predicted molar refractivity (Wildman–Crippen MR) is 115 cm³/mol. The highest BCUT2D eigenvalue weighted by molar-refractivity contribution is 9.10. The van der Waals surface area contributed by atoms with Crippen molar-refractivity contribution in [3.8, 4) is 0 Å². The van der Waals surface area contributed by atoms with Gasteiger partial charge < -0.3 is 9.88 Å². The van der Waals surface area contributed by atoms with E-state index in [1.807, 2.05) is 67.1 Å². The first kappa shape index (κ1) is 18.9. The molecule has 2 aromatic carbocycles. The fourth-order valence-corrected chi connectivity index (χ4v) is 4.07. The van der Waals surface area contributed by atoms with Crippen LogP contribution in [0.5, 0.6) is 0 Å². The molecule has 2 heterocycles. The van der Waals surface area contributed by atoms with E-state index in [1.165, 1.54) is 11.8 Å². The Balaban J connectivity index is 1.48. The second-order valence-corrected chi connectivity index (χ2v) is 8.33. The molecule has 0 saturated heterocycles. The van der Waals surface area contributed by atoms with Gasteiger partial charge in [0.15, 0.2) is 5.65 Å². The van der Waals surface area contributed by atoms with Crippen molar-refractivity contribution < 1.29 is 4.79 Å². The fraction of sp³-hybridized carbons (Fsp3) is 0.200. The lowest BCUT2D eigenvalue weighted by Crippen LogP contribution is -2.28. The Morgan fingerprint density at radius 2 is 2.00 bits per heavy atom. The highest BCUT2D eigenvalue weighted by Gasteiger charge is 2.15. The van der Waals surface area contributed by atoms with Crippen LogP contribution in [0.25, 0.3) is 22.1 Å². The molecular weight excluding hydrogens is 438 g/mol. The Morgan fingerprint density at radius 1 is 1.21 bits per heavy atom. The molecule has 8 heteroatoms. The third kappa shape index (κ3) is 3.74. The standard InChI is InChI=1S/C20H18BrN5OS/c1-12(13-6-4-3-5-7-13)22-17(27)11-28-20-23-19-18(24-25-20)15-10-14(21)8-9-16(15)26(19)2/h3-10,12H,11H2,1-2H3,(H,22,27)/t12-/m1/s1. The van der Waals surface area contributed by atoms with Gasteiger partial charge in [0, 0.05) is 16.9 Å². The summed E-state index contributed by atoms with van der Waals surface area (Å²) in [5, 5.41) is 13.0. The van der Waals surface area contributed by atoms with Gasteiger partial charge in [0.05, 0.1) is 17.3 Å². The van der Waals surface area contributed by atoms with Crippen molar-refractivity contribution >= 4 is 55.7 Å². The van der Waals surface area contributed by atoms with Crippen LogP contribution in [0.2, 0.25) is 0 Å². The number of aromatic nitrogens is 4. The third-order valence-corrected chi connectivity index (χ3v) is 5.88. The molecule has 0 saturated carbocycles. The average Bonchev–Trinajstić information content (AvgIpc) is 2.98. The Labute approximate surface area is 174 Å². The number of carbonyl (C=O) groups excluding carboxylic acids is 1. The topological polar surface area (TPSA) is 72.7 Å². The average molecular weight is 456 g/mol. The predicted octanol–water partition coefficient (Wildman–Crippen LogP) is 4.25. The molecule has 142 valence electrons. The van der Waals surface area contributed by atoms with Crippen molar-refractivity contribution in [2.75, 3.05) is 5.75 Å². The van der Waals surface area contributed by atoms with Gasteiger partial charge in [-0.1, -0.05) is 58.0 Å². The van der Waals surface area contributed by atoms with Gasteiger partial charge in [-0.05, 0) is 30.7 Å². The summed E-state index contributed by atoms with van der Waals surface area (Å²) in [6.07, 6.45) is 0. The van der Waals surface area contributed by atoms with E-state index in [0.717, 1.165) is 32.1 Å². The molecule has 28 heavy (non-hydrogen) atoms. The van der Waals surface area contributed by atoms with Crippen LogP contribution in [0.15, 0.2) is 58.2 Å². The number of hydrogen-bond acceptors (Lipinski definition) is 5. The Hall–Kier alpha value is -2.45. The first-order chi connectivity index (χ1) is 13.5. The summed E-state index contributed by atoms with van der Waals surface area (Å²) in [6.45, 7) is 1.97. The quantitative estimate of drug-likeness (QED) is 0.455. The zero-order valence-corrected chi connectivity index (χ0v) is 17.8. The van der Waals surface area contributed by atoms with Gasteiger partial charge in [0.25, 0.3) is 0 Å². The Morgan fingerprint density at radius 3 is 2.79 bits per heavy atom. The number of benzene rings is 2. The molecular formula is C20H18BrN5OS. The van der Waals surface area contributed by atoms with Crippen molar-refractivity contribution in [3.05, 3.63) is 58.6 Å². The van der Waals surface area contributed by atoms with Crippen molar-refractivity contribution in [1.29, 1.82) is 0 Å². The van der Waals surface area contributed by atoms with Crippen molar-refractivity contribution in [1.82, 2.24) is 25.1 Å². The number of halogens is 1. The van der Waals surface area contributed by atoms with E-state index in [-0.39, 0.29) is 17.7 Å². The monoisotopic (exact) mass is 455 g/mol. The summed E-state index contributed by atoms with van der Waals surface area (Å²) < 4.78 is 2.98. The van der Waals surface area contributed by atoms with Crippen molar-refractivity contribution in [3.63, 3.8) is 0 Å². The van der Waals surface area contributed by atoms with Gasteiger partial charge in [-0.2, -0.15) is 0 Å². The molecule has 1 N–H and O–H groups in total. The number of rotatable bonds is 5. The lowest BCUT2D eigenvalue weighted by molar-refractivity contribution is -0.119. The lowest BCUT2D eigenvalue weighted by Gasteiger charge is -2.13. The second-order valence-electron chi connectivity index (χ2n) is 6.48. The van der Waals surface area contributed by atoms with Crippen LogP contribution in [-0.4, -0.2) is 31.4 Å². The Bertz CT molecular complexity index is 1160. The number of amides is 1. The van der Waals surface area contributed by atoms with Crippen LogP contribution in [0, 0.1) is 0 Å². The molecule has 0 spiro atoms. The number of nitrogens with one attached hydrogen (secondary N) is 1. The fourth-order valence-electron chi connectivity index (χ4n) is 3.12. The van der Waals surface area contributed by atoms with Gasteiger partial charge in [0.2, 0.25) is 11.1 Å². The first-order valence-electron chi connectivity index (χ1n) is 8.78. The molecule has 1 amide bonds. The number of fused-ring (bicyclic) bond motifs is 3. The molecule has 4 aromatic rings. The van der Waals surface area contributed by atoms with Crippen LogP contribution >= 0.6 is 27.7 Å². The number of nitrogens with zero attached hydrogens (tertiary/aromatic N) is 4. The summed E-state index contributed by atoms with van der Waals surface area (Å²) in [7, 11) is 1.95. The first-order valence-corrected chi connectivity index (χ1v) is 10.6. The minimum atomic E-state index is -0.0639. The third-order valence-electron chi connectivity index (χ3n) is 4.55.